The maximum absolute atomic E-state index is 11.8. The van der Waals surface area contributed by atoms with E-state index in [0.717, 1.165) is 18.5 Å². The van der Waals surface area contributed by atoms with Gasteiger partial charge in [0, 0.05) is 12.5 Å². The van der Waals surface area contributed by atoms with Gasteiger partial charge in [0.05, 0.1) is 11.7 Å². The molecule has 0 radical (unpaired) electrons. The van der Waals surface area contributed by atoms with Gasteiger partial charge < -0.3 is 4.90 Å². The van der Waals surface area contributed by atoms with E-state index < -0.39 is 0 Å². The molecule has 0 aromatic heterocycles. The molecular weight excluding hydrogens is 210 g/mol. The molecule has 2 nitrogen and oxygen atoms in total. The van der Waals surface area contributed by atoms with E-state index in [1.807, 2.05) is 23.1 Å². The highest BCUT2D eigenvalue weighted by Crippen LogP contribution is 2.36. The smallest absolute Gasteiger partial charge is 0.224 e. The van der Waals surface area contributed by atoms with Crippen LogP contribution >= 0.6 is 0 Å². The highest BCUT2D eigenvalue weighted by atomic mass is 16.2. The van der Waals surface area contributed by atoms with E-state index in [9.17, 15) is 4.79 Å². The number of carbonyl (C=O) groups excluding carboxylic acids is 1. The van der Waals surface area contributed by atoms with Gasteiger partial charge in [0.15, 0.2) is 0 Å². The van der Waals surface area contributed by atoms with Gasteiger partial charge in [-0.3, -0.25) is 4.79 Å². The quantitative estimate of drug-likeness (QED) is 0.758. The van der Waals surface area contributed by atoms with E-state index in [1.54, 1.807) is 6.92 Å². The average molecular weight is 229 g/mol. The zero-order valence-corrected chi connectivity index (χ0v) is 10.7. The number of rotatable bonds is 2. The number of nitrogens with zero attached hydrogens (tertiary/aromatic N) is 1. The molecule has 1 atom stereocenters. The van der Waals surface area contributed by atoms with Gasteiger partial charge in [-0.2, -0.15) is 0 Å². The molecule has 90 valence electrons. The zero-order chi connectivity index (χ0) is 12.4. The van der Waals surface area contributed by atoms with Crippen molar-refractivity contribution in [2.45, 2.75) is 39.7 Å². The first-order chi connectivity index (χ1) is 8.19. The summed E-state index contributed by atoms with van der Waals surface area (Å²) in [5, 5.41) is 0. The van der Waals surface area contributed by atoms with Gasteiger partial charge in [0.1, 0.15) is 0 Å². The minimum atomic E-state index is 0.121. The van der Waals surface area contributed by atoms with Crippen LogP contribution in [0.15, 0.2) is 30.3 Å². The van der Waals surface area contributed by atoms with E-state index in [0.29, 0.717) is 0 Å². The lowest BCUT2D eigenvalue weighted by Crippen LogP contribution is -2.40. The molecule has 1 aliphatic heterocycles. The van der Waals surface area contributed by atoms with Crippen molar-refractivity contribution in [1.29, 1.82) is 0 Å². The minimum Gasteiger partial charge on any atom is -0.305 e. The Morgan fingerprint density at radius 3 is 2.59 bits per heavy atom. The van der Waals surface area contributed by atoms with Crippen molar-refractivity contribution >= 4 is 17.2 Å². The lowest BCUT2D eigenvalue weighted by molar-refractivity contribution is -0.116. The van der Waals surface area contributed by atoms with Crippen LogP contribution < -0.4 is 4.90 Å². The molecule has 0 saturated heterocycles. The Labute approximate surface area is 103 Å². The fourth-order valence-corrected chi connectivity index (χ4v) is 2.54. The number of amides is 1. The maximum Gasteiger partial charge on any atom is 0.224 e. The molecule has 1 unspecified atom stereocenters. The fourth-order valence-electron chi connectivity index (χ4n) is 2.54. The predicted molar refractivity (Wildman–Crippen MR) is 71.9 cm³/mol. The summed E-state index contributed by atoms with van der Waals surface area (Å²) in [6, 6.07) is 8.39. The van der Waals surface area contributed by atoms with Crippen LogP contribution in [0.3, 0.4) is 0 Å². The van der Waals surface area contributed by atoms with Crippen molar-refractivity contribution in [2.75, 3.05) is 4.90 Å². The van der Waals surface area contributed by atoms with Gasteiger partial charge >= 0.3 is 0 Å². The molecular formula is C15H19NO. The number of hydrogen-bond acceptors (Lipinski definition) is 1. The highest BCUT2D eigenvalue weighted by molar-refractivity contribution is 5.98. The molecule has 0 spiro atoms. The average Bonchev–Trinajstić information content (AvgIpc) is 2.36. The van der Waals surface area contributed by atoms with Gasteiger partial charge in [-0.1, -0.05) is 38.1 Å². The summed E-state index contributed by atoms with van der Waals surface area (Å²) in [6.07, 6.45) is 4.21. The van der Waals surface area contributed by atoms with E-state index in [4.69, 9.17) is 0 Å². The molecule has 1 heterocycles. The van der Waals surface area contributed by atoms with Crippen molar-refractivity contribution in [3.05, 3.63) is 35.9 Å². The summed E-state index contributed by atoms with van der Waals surface area (Å²) in [7, 11) is 0. The van der Waals surface area contributed by atoms with Gasteiger partial charge in [-0.15, -0.1) is 0 Å². The van der Waals surface area contributed by atoms with Gasteiger partial charge in [0.25, 0.3) is 0 Å². The van der Waals surface area contributed by atoms with E-state index >= 15 is 0 Å². The van der Waals surface area contributed by atoms with Crippen LogP contribution in [0.1, 0.15) is 39.2 Å². The monoisotopic (exact) mass is 229 g/mol. The van der Waals surface area contributed by atoms with Gasteiger partial charge in [0.2, 0.25) is 5.91 Å². The number of para-hydroxylation sites is 1. The molecule has 2 rings (SSSR count). The summed E-state index contributed by atoms with van der Waals surface area (Å²) in [5.74, 6) is 0.121. The standard InChI is InChI=1S/C15H19NO/c1-4-12-10-13(5-2)16(11(3)17)15-9-7-6-8-14(12)15/h6-10,13H,4-5H2,1-3H3. The molecule has 1 aliphatic rings. The van der Waals surface area contributed by atoms with Crippen LogP contribution in [-0.4, -0.2) is 11.9 Å². The fraction of sp³-hybridized carbons (Fsp3) is 0.400. The number of benzene rings is 1. The molecule has 2 heteroatoms. The SMILES string of the molecule is CCC1=CC(CC)N(C(C)=O)c2ccccc21. The van der Waals surface area contributed by atoms with Crippen LogP contribution in [0.2, 0.25) is 0 Å². The number of carbonyl (C=O) groups is 1. The second-order valence-corrected chi connectivity index (χ2v) is 4.43. The molecule has 1 aromatic rings. The van der Waals surface area contributed by atoms with Crippen molar-refractivity contribution in [3.8, 4) is 0 Å². The lowest BCUT2D eigenvalue weighted by atomic mass is 9.92. The maximum atomic E-state index is 11.8. The number of anilines is 1. The lowest BCUT2D eigenvalue weighted by Gasteiger charge is -2.35. The third-order valence-corrected chi connectivity index (χ3v) is 3.37. The number of hydrogen-bond donors (Lipinski definition) is 0. The molecule has 0 fully saturated rings. The van der Waals surface area contributed by atoms with Gasteiger partial charge in [-0.05, 0) is 24.5 Å². The molecule has 0 N–H and O–H groups in total. The predicted octanol–water partition coefficient (Wildman–Crippen LogP) is 3.63. The van der Waals surface area contributed by atoms with Crippen molar-refractivity contribution in [2.24, 2.45) is 0 Å². The topological polar surface area (TPSA) is 20.3 Å². The minimum absolute atomic E-state index is 0.121. The first kappa shape index (κ1) is 11.9. The third kappa shape index (κ3) is 1.99. The highest BCUT2D eigenvalue weighted by Gasteiger charge is 2.26. The number of fused-ring (bicyclic) bond motifs is 1. The van der Waals surface area contributed by atoms with E-state index in [2.05, 4.69) is 26.0 Å². The summed E-state index contributed by atoms with van der Waals surface area (Å²) in [4.78, 5) is 13.7. The first-order valence-corrected chi connectivity index (χ1v) is 6.28. The Hall–Kier alpha value is -1.57. The van der Waals surface area contributed by atoms with Crippen LogP contribution in [-0.2, 0) is 4.79 Å². The van der Waals surface area contributed by atoms with Gasteiger partial charge in [-0.25, -0.2) is 0 Å². The second-order valence-electron chi connectivity index (χ2n) is 4.43. The van der Waals surface area contributed by atoms with Crippen molar-refractivity contribution < 1.29 is 4.79 Å². The summed E-state index contributed by atoms with van der Waals surface area (Å²) in [5.41, 5.74) is 3.62. The molecule has 0 bridgehead atoms. The molecule has 1 amide bonds. The van der Waals surface area contributed by atoms with Crippen LogP contribution in [0, 0.1) is 0 Å². The normalized spacial score (nSPS) is 18.6. The molecule has 17 heavy (non-hydrogen) atoms. The first-order valence-electron chi connectivity index (χ1n) is 6.28. The summed E-state index contributed by atoms with van der Waals surface area (Å²) < 4.78 is 0. The Morgan fingerprint density at radius 1 is 1.29 bits per heavy atom. The Morgan fingerprint density at radius 2 is 2.00 bits per heavy atom. The largest absolute Gasteiger partial charge is 0.305 e. The Bertz CT molecular complexity index is 462. The van der Waals surface area contributed by atoms with E-state index in [-0.39, 0.29) is 11.9 Å². The van der Waals surface area contributed by atoms with Crippen molar-refractivity contribution in [1.82, 2.24) is 0 Å². The van der Waals surface area contributed by atoms with E-state index in [1.165, 1.54) is 11.1 Å². The third-order valence-electron chi connectivity index (χ3n) is 3.37. The van der Waals surface area contributed by atoms with Crippen LogP contribution in [0.5, 0.6) is 0 Å². The summed E-state index contributed by atoms with van der Waals surface area (Å²) >= 11 is 0. The molecule has 1 aromatic carbocycles. The van der Waals surface area contributed by atoms with Crippen molar-refractivity contribution in [3.63, 3.8) is 0 Å². The van der Waals surface area contributed by atoms with Crippen LogP contribution in [0.4, 0.5) is 5.69 Å². The molecule has 0 saturated carbocycles. The van der Waals surface area contributed by atoms with Crippen LogP contribution in [0.25, 0.3) is 5.57 Å². The second kappa shape index (κ2) is 4.74. The summed E-state index contributed by atoms with van der Waals surface area (Å²) in [6.45, 7) is 5.93. The zero-order valence-electron chi connectivity index (χ0n) is 10.7. The Kier molecular flexibility index (Phi) is 3.32. The molecule has 0 aliphatic carbocycles. The number of allylic oxidation sites excluding steroid dienone is 1. The Balaban J connectivity index is 2.57.